The van der Waals surface area contributed by atoms with Crippen molar-refractivity contribution in [3.63, 3.8) is 0 Å². The van der Waals surface area contributed by atoms with Crippen molar-refractivity contribution in [1.82, 2.24) is 0 Å². The minimum atomic E-state index is -2.60. The monoisotopic (exact) mass is 498 g/mol. The van der Waals surface area contributed by atoms with Gasteiger partial charge in [0, 0.05) is 13.2 Å². The predicted molar refractivity (Wildman–Crippen MR) is 149 cm³/mol. The lowest BCUT2D eigenvalue weighted by Gasteiger charge is -2.47. The molecule has 2 aromatic carbocycles. The topological polar surface area (TPSA) is 27.7 Å². The molecule has 3 nitrogen and oxygen atoms in total. The highest BCUT2D eigenvalue weighted by Crippen LogP contribution is 2.40. The molecule has 0 spiro atoms. The Labute approximate surface area is 210 Å². The molecule has 188 valence electrons. The van der Waals surface area contributed by atoms with Crippen LogP contribution in [0, 0.1) is 0 Å². The van der Waals surface area contributed by atoms with Gasteiger partial charge >= 0.3 is 0 Å². The zero-order valence-electron chi connectivity index (χ0n) is 22.7. The van der Waals surface area contributed by atoms with Crippen molar-refractivity contribution in [2.75, 3.05) is 13.2 Å². The predicted octanol–water partition coefficient (Wildman–Crippen LogP) is 6.52. The summed E-state index contributed by atoms with van der Waals surface area (Å²) in [5.74, 6) is 0. The third-order valence-corrected chi connectivity index (χ3v) is 17.4. The SMILES string of the molecule is CC(C)(C)[Si](C)(C)OCC[C@H]1OCCC[C@@H]1O[Si](c1ccccc1)(c1ccccc1)C(C)(C)C. The maximum absolute atomic E-state index is 7.45. The van der Waals surface area contributed by atoms with Crippen LogP contribution in [0.15, 0.2) is 60.7 Å². The van der Waals surface area contributed by atoms with E-state index in [0.717, 1.165) is 32.5 Å². The van der Waals surface area contributed by atoms with Crippen LogP contribution in [0.3, 0.4) is 0 Å². The second-order valence-electron chi connectivity index (χ2n) is 12.3. The largest absolute Gasteiger partial charge is 0.417 e. The summed E-state index contributed by atoms with van der Waals surface area (Å²) in [4.78, 5) is 0. The Morgan fingerprint density at radius 1 is 0.824 bits per heavy atom. The Morgan fingerprint density at radius 2 is 1.35 bits per heavy atom. The molecule has 0 amide bonds. The van der Waals surface area contributed by atoms with Gasteiger partial charge in [0.05, 0.1) is 12.2 Å². The first-order valence-corrected chi connectivity index (χ1v) is 17.7. The lowest BCUT2D eigenvalue weighted by atomic mass is 10.0. The lowest BCUT2D eigenvalue weighted by molar-refractivity contribution is -0.0740. The van der Waals surface area contributed by atoms with E-state index >= 15 is 0 Å². The zero-order valence-corrected chi connectivity index (χ0v) is 24.7. The van der Waals surface area contributed by atoms with Gasteiger partial charge in [-0.2, -0.15) is 0 Å². The van der Waals surface area contributed by atoms with E-state index in [2.05, 4.69) is 115 Å². The van der Waals surface area contributed by atoms with Crippen molar-refractivity contribution in [3.8, 4) is 0 Å². The molecule has 0 N–H and O–H groups in total. The quantitative estimate of drug-likeness (QED) is 0.388. The van der Waals surface area contributed by atoms with Crippen molar-refractivity contribution >= 4 is 27.0 Å². The third kappa shape index (κ3) is 5.93. The molecule has 1 saturated heterocycles. The average Bonchev–Trinajstić information content (AvgIpc) is 2.78. The van der Waals surface area contributed by atoms with Crippen LogP contribution in [0.25, 0.3) is 0 Å². The molecule has 0 saturated carbocycles. The van der Waals surface area contributed by atoms with Gasteiger partial charge in [0.2, 0.25) is 0 Å². The summed E-state index contributed by atoms with van der Waals surface area (Å²) in [7, 11) is -4.38. The molecule has 34 heavy (non-hydrogen) atoms. The summed E-state index contributed by atoms with van der Waals surface area (Å²) in [5.41, 5.74) is 0. The molecule has 3 rings (SSSR count). The summed E-state index contributed by atoms with van der Waals surface area (Å²) in [6.07, 6.45) is 3.11. The van der Waals surface area contributed by atoms with Gasteiger partial charge in [0.1, 0.15) is 0 Å². The Hall–Kier alpha value is -1.25. The van der Waals surface area contributed by atoms with E-state index < -0.39 is 16.6 Å². The fourth-order valence-corrected chi connectivity index (χ4v) is 10.6. The second-order valence-corrected chi connectivity index (χ2v) is 21.3. The van der Waals surface area contributed by atoms with E-state index in [9.17, 15) is 0 Å². The molecule has 2 aromatic rings. The van der Waals surface area contributed by atoms with Crippen LogP contribution < -0.4 is 10.4 Å². The third-order valence-electron chi connectivity index (χ3n) is 7.80. The Kier molecular flexibility index (Phi) is 8.68. The van der Waals surface area contributed by atoms with Crippen molar-refractivity contribution in [2.45, 2.75) is 96.2 Å². The number of hydrogen-bond donors (Lipinski definition) is 0. The maximum atomic E-state index is 7.45. The highest BCUT2D eigenvalue weighted by atomic mass is 28.4. The van der Waals surface area contributed by atoms with Crippen LogP contribution in [-0.4, -0.2) is 42.1 Å². The van der Waals surface area contributed by atoms with Crippen molar-refractivity contribution in [1.29, 1.82) is 0 Å². The van der Waals surface area contributed by atoms with E-state index in [-0.39, 0.29) is 22.3 Å². The molecule has 0 bridgehead atoms. The number of hydrogen-bond acceptors (Lipinski definition) is 3. The first-order valence-electron chi connectivity index (χ1n) is 12.9. The first-order chi connectivity index (χ1) is 15.9. The number of benzene rings is 2. The Balaban J connectivity index is 1.92. The maximum Gasteiger partial charge on any atom is 0.261 e. The van der Waals surface area contributed by atoms with Gasteiger partial charge < -0.3 is 13.6 Å². The Bertz CT molecular complexity index is 846. The molecule has 2 atom stereocenters. The summed E-state index contributed by atoms with van der Waals surface area (Å²) >= 11 is 0. The fourth-order valence-electron chi connectivity index (χ4n) is 4.78. The van der Waals surface area contributed by atoms with Crippen LogP contribution in [0.4, 0.5) is 0 Å². The number of ether oxygens (including phenoxy) is 1. The first kappa shape index (κ1) is 27.3. The van der Waals surface area contributed by atoms with Crippen molar-refractivity contribution < 1.29 is 13.6 Å². The van der Waals surface area contributed by atoms with Gasteiger partial charge in [0.15, 0.2) is 8.32 Å². The minimum absolute atomic E-state index is 0.0324. The molecular weight excluding hydrogens is 452 g/mol. The molecule has 1 aliphatic rings. The van der Waals surface area contributed by atoms with E-state index in [0.29, 0.717) is 0 Å². The van der Waals surface area contributed by atoms with Crippen molar-refractivity contribution in [3.05, 3.63) is 60.7 Å². The van der Waals surface area contributed by atoms with Gasteiger partial charge in [-0.3, -0.25) is 0 Å². The molecule has 0 aromatic heterocycles. The molecule has 1 fully saturated rings. The van der Waals surface area contributed by atoms with Gasteiger partial charge in [-0.25, -0.2) is 0 Å². The van der Waals surface area contributed by atoms with Crippen LogP contribution >= 0.6 is 0 Å². The van der Waals surface area contributed by atoms with Crippen LogP contribution in [-0.2, 0) is 13.6 Å². The summed E-state index contributed by atoms with van der Waals surface area (Å²) < 4.78 is 20.3. The highest BCUT2D eigenvalue weighted by Gasteiger charge is 2.52. The molecule has 5 heteroatoms. The molecule has 0 unspecified atom stereocenters. The minimum Gasteiger partial charge on any atom is -0.417 e. The van der Waals surface area contributed by atoms with Crippen LogP contribution in [0.5, 0.6) is 0 Å². The highest BCUT2D eigenvalue weighted by molar-refractivity contribution is 6.99. The van der Waals surface area contributed by atoms with Gasteiger partial charge in [-0.1, -0.05) is 102 Å². The van der Waals surface area contributed by atoms with Gasteiger partial charge in [0.25, 0.3) is 8.32 Å². The zero-order chi connectivity index (χ0) is 25.0. The standard InChI is InChI=1S/C29H46O3Si2/c1-28(2,3)33(7,8)31-23-21-26-27(20-15-22-30-26)32-34(29(4,5)6,24-16-11-9-12-17-24)25-18-13-10-14-19-25/h9-14,16-19,26-27H,15,20-23H2,1-8H3/t26-,27+/m1/s1. The lowest BCUT2D eigenvalue weighted by Crippen LogP contribution is -2.68. The summed E-state index contributed by atoms with van der Waals surface area (Å²) in [5, 5.41) is 2.84. The summed E-state index contributed by atoms with van der Waals surface area (Å²) in [6.45, 7) is 20.1. The van der Waals surface area contributed by atoms with E-state index in [4.69, 9.17) is 13.6 Å². The van der Waals surface area contributed by atoms with Crippen LogP contribution in [0.1, 0.15) is 60.8 Å². The van der Waals surface area contributed by atoms with Gasteiger partial charge in [-0.15, -0.1) is 0 Å². The summed E-state index contributed by atoms with van der Waals surface area (Å²) in [6, 6.07) is 21.9. The van der Waals surface area contributed by atoms with E-state index in [1.54, 1.807) is 0 Å². The average molecular weight is 499 g/mol. The second kappa shape index (κ2) is 10.8. The molecular formula is C29H46O3Si2. The van der Waals surface area contributed by atoms with E-state index in [1.807, 2.05) is 0 Å². The fraction of sp³-hybridized carbons (Fsp3) is 0.586. The normalized spacial score (nSPS) is 20.4. The van der Waals surface area contributed by atoms with Crippen LogP contribution in [0.2, 0.25) is 23.2 Å². The molecule has 1 aliphatic heterocycles. The molecule has 1 heterocycles. The smallest absolute Gasteiger partial charge is 0.261 e. The number of rotatable bonds is 8. The molecule has 0 aliphatic carbocycles. The van der Waals surface area contributed by atoms with Gasteiger partial charge in [-0.05, 0) is 52.8 Å². The molecule has 0 radical (unpaired) electrons. The Morgan fingerprint density at radius 3 is 1.82 bits per heavy atom. The van der Waals surface area contributed by atoms with E-state index in [1.165, 1.54) is 10.4 Å². The van der Waals surface area contributed by atoms with Crippen molar-refractivity contribution in [2.24, 2.45) is 0 Å².